The van der Waals surface area contributed by atoms with Gasteiger partial charge in [-0.25, -0.2) is 0 Å². The third-order valence-electron chi connectivity index (χ3n) is 25.0. The monoisotopic (exact) mass is 1420 g/mol. The summed E-state index contributed by atoms with van der Waals surface area (Å²) in [5, 5.41) is 4.75. The number of nitrogens with zero attached hydrogens (tertiary/aromatic N) is 3. The van der Waals surface area contributed by atoms with Gasteiger partial charge in [-0.1, -0.05) is 316 Å². The minimum atomic E-state index is -0.559. The zero-order valence-corrected chi connectivity index (χ0v) is 66.0. The summed E-state index contributed by atoms with van der Waals surface area (Å²) in [6.07, 6.45) is 0. The minimum absolute atomic E-state index is 0.0196. The third-order valence-corrected chi connectivity index (χ3v) is 25.0. The molecule has 536 valence electrons. The van der Waals surface area contributed by atoms with Gasteiger partial charge in [-0.05, 0) is 205 Å². The number of benzene rings is 14. The molecular weight excluding hydrogens is 1330 g/mol. The summed E-state index contributed by atoms with van der Waals surface area (Å²) in [6, 6.07) is 111. The van der Waals surface area contributed by atoms with Crippen molar-refractivity contribution in [2.75, 3.05) is 9.80 Å². The zero-order valence-electron chi connectivity index (χ0n) is 66.0. The molecule has 2 aliphatic heterocycles. The van der Waals surface area contributed by atoms with Crippen LogP contribution in [0.5, 0.6) is 0 Å². The molecule has 0 atom stereocenters. The van der Waals surface area contributed by atoms with Crippen molar-refractivity contribution in [1.82, 2.24) is 4.57 Å². The van der Waals surface area contributed by atoms with Crippen LogP contribution in [-0.4, -0.2) is 11.3 Å². The highest BCUT2D eigenvalue weighted by atomic mass is 16.3. The Bertz CT molecular complexity index is 6500. The first-order chi connectivity index (χ1) is 52.7. The fourth-order valence-corrected chi connectivity index (χ4v) is 19.3. The van der Waals surface area contributed by atoms with E-state index in [0.717, 1.165) is 61.5 Å². The van der Waals surface area contributed by atoms with Crippen LogP contribution in [0.25, 0.3) is 105 Å². The van der Waals surface area contributed by atoms with Gasteiger partial charge in [-0.3, -0.25) is 0 Å². The molecule has 20 rings (SSSR count). The standard InChI is InChI=1S/C105H92BN3O/c1-100(2,3)66-44-39-63(40-45-66)80-58-68(102(7,8)9)48-54-88(80)108-90-53-43-65(72-32-26-33-78-76-30-20-25-38-95(76)110-99(72)78)57-86(90)106-85-52-50-71(62-92(85)109(94-61-70(104(13,14)15)60-93(108)98(94)106)89-55-49-69(103(10,11)12)59-81(89)64-41-46-67(47-42-64)101(4,5)6)107-87-37-24-19-31-79(87)96-91(107)56-51-77-75-29-18-23-36-84(75)105(97(77)96)82-34-21-16-27-73(82)74-28-17-22-35-83(74)105/h16-62H,1-15H3. The number of hydrogen-bond acceptors (Lipinski definition) is 3. The quantitative estimate of drug-likeness (QED) is 0.155. The van der Waals surface area contributed by atoms with Crippen LogP contribution in [0, 0.1) is 0 Å². The summed E-state index contributed by atoms with van der Waals surface area (Å²) in [4.78, 5) is 5.38. The van der Waals surface area contributed by atoms with E-state index in [9.17, 15) is 0 Å². The number of rotatable bonds is 6. The molecule has 4 aliphatic rings. The van der Waals surface area contributed by atoms with Crippen LogP contribution in [0.3, 0.4) is 0 Å². The maximum Gasteiger partial charge on any atom is 0.252 e. The van der Waals surface area contributed by atoms with Crippen LogP contribution < -0.4 is 26.2 Å². The van der Waals surface area contributed by atoms with Crippen LogP contribution in [0.1, 0.15) is 154 Å². The first kappa shape index (κ1) is 67.7. The van der Waals surface area contributed by atoms with Crippen molar-refractivity contribution < 1.29 is 4.42 Å². The first-order valence-electron chi connectivity index (χ1n) is 39.6. The van der Waals surface area contributed by atoms with Gasteiger partial charge in [0, 0.05) is 66.7 Å². The average molecular weight is 1420 g/mol. The highest BCUT2D eigenvalue weighted by Gasteiger charge is 2.53. The van der Waals surface area contributed by atoms with E-state index in [1.807, 2.05) is 0 Å². The average Bonchev–Trinajstić information content (AvgIpc) is 1.44. The summed E-state index contributed by atoms with van der Waals surface area (Å²) in [5.41, 5.74) is 38.6. The van der Waals surface area contributed by atoms with Crippen molar-refractivity contribution in [3.8, 4) is 61.3 Å². The van der Waals surface area contributed by atoms with Crippen molar-refractivity contribution in [2.24, 2.45) is 0 Å². The Labute approximate surface area is 648 Å². The first-order valence-corrected chi connectivity index (χ1v) is 39.6. The van der Waals surface area contributed by atoms with Crippen LogP contribution >= 0.6 is 0 Å². The Morgan fingerprint density at radius 3 is 1.32 bits per heavy atom. The number of para-hydroxylation sites is 3. The van der Waals surface area contributed by atoms with Gasteiger partial charge < -0.3 is 18.8 Å². The lowest BCUT2D eigenvalue weighted by molar-refractivity contribution is 0.589. The molecule has 16 aromatic rings. The van der Waals surface area contributed by atoms with Crippen molar-refractivity contribution >= 4 is 101 Å². The van der Waals surface area contributed by atoms with Crippen molar-refractivity contribution in [1.29, 1.82) is 0 Å². The normalized spacial score (nSPS) is 14.2. The molecule has 0 unspecified atom stereocenters. The Balaban J connectivity index is 0.911. The molecule has 0 amide bonds. The van der Waals surface area contributed by atoms with Gasteiger partial charge in [-0.15, -0.1) is 0 Å². The van der Waals surface area contributed by atoms with E-state index in [0.29, 0.717) is 0 Å². The highest BCUT2D eigenvalue weighted by Crippen LogP contribution is 2.65. The van der Waals surface area contributed by atoms with Gasteiger partial charge in [0.1, 0.15) is 11.2 Å². The van der Waals surface area contributed by atoms with Crippen LogP contribution in [0.2, 0.25) is 0 Å². The fraction of sp³-hybridized carbons (Fsp3) is 0.200. The molecule has 0 fully saturated rings. The SMILES string of the molecule is CC(C)(C)c1ccc(-c2cc(C(C)(C)C)ccc2N2c3ccc(-c4cccc5c4oc4ccccc45)cc3B3c4ccc(-n5c6ccccc6c6c7c(ccc65)-c5ccccc5C75c6ccccc6-c6ccccc65)cc4N(c4ccc(C(C)(C)C)cc4-c4ccc(C(C)(C)C)cc4)c4cc(C(C)(C)C)cc2c43)cc1. The summed E-state index contributed by atoms with van der Waals surface area (Å²) >= 11 is 0. The summed E-state index contributed by atoms with van der Waals surface area (Å²) in [5.74, 6) is 0. The van der Waals surface area contributed by atoms with E-state index in [2.05, 4.69) is 403 Å². The second-order valence-electron chi connectivity index (χ2n) is 36.8. The molecule has 14 aromatic carbocycles. The molecule has 5 heteroatoms. The van der Waals surface area contributed by atoms with Gasteiger partial charge in [0.15, 0.2) is 0 Å². The predicted octanol–water partition coefficient (Wildman–Crippen LogP) is 26.6. The topological polar surface area (TPSA) is 24.6 Å². The number of hydrogen-bond donors (Lipinski definition) is 0. The lowest BCUT2D eigenvalue weighted by Gasteiger charge is -2.46. The molecule has 2 aromatic heterocycles. The van der Waals surface area contributed by atoms with Gasteiger partial charge in [0.25, 0.3) is 6.71 Å². The maximum atomic E-state index is 7.00. The number of fused-ring (bicyclic) bond motifs is 21. The van der Waals surface area contributed by atoms with E-state index >= 15 is 0 Å². The maximum absolute atomic E-state index is 7.00. The van der Waals surface area contributed by atoms with Gasteiger partial charge in [0.2, 0.25) is 0 Å². The molecule has 0 radical (unpaired) electrons. The van der Waals surface area contributed by atoms with Crippen LogP contribution in [-0.2, 0) is 32.5 Å². The number of anilines is 6. The summed E-state index contributed by atoms with van der Waals surface area (Å²) in [7, 11) is 0. The van der Waals surface area contributed by atoms with E-state index < -0.39 is 5.41 Å². The van der Waals surface area contributed by atoms with Gasteiger partial charge in [0.05, 0.1) is 27.8 Å². The summed E-state index contributed by atoms with van der Waals surface area (Å²) in [6.45, 7) is 34.9. The van der Waals surface area contributed by atoms with E-state index in [-0.39, 0.29) is 33.8 Å². The highest BCUT2D eigenvalue weighted by molar-refractivity contribution is 7.00. The molecule has 0 N–H and O–H groups in total. The van der Waals surface area contributed by atoms with Crippen molar-refractivity contribution in [3.63, 3.8) is 0 Å². The van der Waals surface area contributed by atoms with E-state index in [4.69, 9.17) is 4.42 Å². The van der Waals surface area contributed by atoms with E-state index in [1.165, 1.54) is 144 Å². The fourth-order valence-electron chi connectivity index (χ4n) is 19.3. The third kappa shape index (κ3) is 9.97. The van der Waals surface area contributed by atoms with E-state index in [1.54, 1.807) is 0 Å². The van der Waals surface area contributed by atoms with Crippen molar-refractivity contribution in [3.05, 3.63) is 335 Å². The Hall–Kier alpha value is -11.7. The molecule has 4 nitrogen and oxygen atoms in total. The van der Waals surface area contributed by atoms with Gasteiger partial charge in [-0.2, -0.15) is 0 Å². The Morgan fingerprint density at radius 2 is 0.755 bits per heavy atom. The lowest BCUT2D eigenvalue weighted by Crippen LogP contribution is -2.61. The molecule has 0 saturated heterocycles. The molecular formula is C105H92BN3O. The van der Waals surface area contributed by atoms with Crippen molar-refractivity contribution in [2.45, 2.75) is 136 Å². The molecule has 110 heavy (non-hydrogen) atoms. The second kappa shape index (κ2) is 23.7. The molecule has 1 spiro atoms. The summed E-state index contributed by atoms with van der Waals surface area (Å²) < 4.78 is 9.60. The Morgan fingerprint density at radius 1 is 0.291 bits per heavy atom. The lowest BCUT2D eigenvalue weighted by atomic mass is 9.33. The predicted molar refractivity (Wildman–Crippen MR) is 468 cm³/mol. The number of furan rings is 1. The minimum Gasteiger partial charge on any atom is -0.455 e. The smallest absolute Gasteiger partial charge is 0.252 e. The molecule has 4 heterocycles. The molecule has 0 saturated carbocycles. The van der Waals surface area contributed by atoms with Crippen LogP contribution in [0.4, 0.5) is 34.1 Å². The largest absolute Gasteiger partial charge is 0.455 e. The zero-order chi connectivity index (χ0) is 75.6. The second-order valence-corrected chi connectivity index (χ2v) is 36.8. The van der Waals surface area contributed by atoms with Crippen LogP contribution in [0.15, 0.2) is 290 Å². The Kier molecular flexibility index (Phi) is 14.6. The molecule has 2 aliphatic carbocycles. The number of aromatic nitrogens is 1. The van der Waals surface area contributed by atoms with Gasteiger partial charge >= 0.3 is 0 Å². The molecule has 0 bridgehead atoms.